The normalized spacial score (nSPS) is 18.6. The van der Waals surface area contributed by atoms with E-state index in [2.05, 4.69) is 56.1 Å². The van der Waals surface area contributed by atoms with Gasteiger partial charge in [0.05, 0.1) is 24.4 Å². The number of morpholine rings is 1. The maximum atomic E-state index is 5.58. The molecule has 0 amide bonds. The summed E-state index contributed by atoms with van der Waals surface area (Å²) in [6.45, 7) is 13.1. The molecule has 0 radical (unpaired) electrons. The fourth-order valence-corrected chi connectivity index (χ4v) is 2.49. The molecule has 1 N–H and O–H groups in total. The lowest BCUT2D eigenvalue weighted by Gasteiger charge is -2.43. The van der Waals surface area contributed by atoms with Gasteiger partial charge in [-0.05, 0) is 38.4 Å². The van der Waals surface area contributed by atoms with E-state index in [-0.39, 0.29) is 5.54 Å². The van der Waals surface area contributed by atoms with E-state index in [9.17, 15) is 0 Å². The zero-order valence-corrected chi connectivity index (χ0v) is 13.1. The molecule has 1 aliphatic rings. The molecule has 4 heteroatoms. The first kappa shape index (κ1) is 15.3. The maximum absolute atomic E-state index is 5.58. The van der Waals surface area contributed by atoms with Crippen LogP contribution in [0.15, 0.2) is 18.2 Å². The Bertz CT molecular complexity index is 431. The van der Waals surface area contributed by atoms with E-state index in [0.29, 0.717) is 5.92 Å². The highest BCUT2D eigenvalue weighted by atomic mass is 16.5. The average Bonchev–Trinajstić information content (AvgIpc) is 2.38. The van der Waals surface area contributed by atoms with E-state index in [0.717, 1.165) is 44.4 Å². The summed E-state index contributed by atoms with van der Waals surface area (Å²) >= 11 is 0. The van der Waals surface area contributed by atoms with Crippen LogP contribution in [0.25, 0.3) is 0 Å². The van der Waals surface area contributed by atoms with Crippen molar-refractivity contribution < 1.29 is 4.74 Å². The second kappa shape index (κ2) is 6.55. The highest BCUT2D eigenvalue weighted by Crippen LogP contribution is 2.25. The van der Waals surface area contributed by atoms with Crippen molar-refractivity contribution in [1.29, 1.82) is 0 Å². The number of ether oxygens (including phenoxy) is 1. The molecule has 0 atom stereocenters. The first-order valence-electron chi connectivity index (χ1n) is 7.51. The Labute approximate surface area is 122 Å². The molecule has 112 valence electrons. The van der Waals surface area contributed by atoms with Crippen LogP contribution in [-0.2, 0) is 11.3 Å². The number of aromatic nitrogens is 1. The van der Waals surface area contributed by atoms with Crippen molar-refractivity contribution in [1.82, 2.24) is 10.3 Å². The molecule has 1 aromatic heterocycles. The van der Waals surface area contributed by atoms with E-state index >= 15 is 0 Å². The Morgan fingerprint density at radius 3 is 2.90 bits per heavy atom. The third-order valence-electron chi connectivity index (χ3n) is 3.57. The topological polar surface area (TPSA) is 37.4 Å². The van der Waals surface area contributed by atoms with Crippen molar-refractivity contribution in [3.05, 3.63) is 23.9 Å². The first-order valence-corrected chi connectivity index (χ1v) is 7.51. The maximum Gasteiger partial charge on any atom is 0.129 e. The van der Waals surface area contributed by atoms with Crippen molar-refractivity contribution in [2.45, 2.75) is 39.8 Å². The second-order valence-electron chi connectivity index (χ2n) is 6.53. The minimum Gasteiger partial charge on any atom is -0.377 e. The summed E-state index contributed by atoms with van der Waals surface area (Å²) in [5, 5.41) is 3.45. The summed E-state index contributed by atoms with van der Waals surface area (Å²) in [7, 11) is 0. The molecule has 4 nitrogen and oxygen atoms in total. The molecule has 1 aliphatic heterocycles. The smallest absolute Gasteiger partial charge is 0.129 e. The van der Waals surface area contributed by atoms with Crippen molar-refractivity contribution in [2.24, 2.45) is 5.92 Å². The van der Waals surface area contributed by atoms with Gasteiger partial charge in [-0.1, -0.05) is 19.9 Å². The summed E-state index contributed by atoms with van der Waals surface area (Å²) in [5.41, 5.74) is 1.11. The van der Waals surface area contributed by atoms with E-state index in [4.69, 9.17) is 9.72 Å². The zero-order chi connectivity index (χ0) is 14.6. The van der Waals surface area contributed by atoms with Crippen molar-refractivity contribution >= 4 is 5.82 Å². The second-order valence-corrected chi connectivity index (χ2v) is 6.53. The van der Waals surface area contributed by atoms with Gasteiger partial charge in [-0.3, -0.25) is 0 Å². The molecule has 0 aliphatic carbocycles. The van der Waals surface area contributed by atoms with Crippen molar-refractivity contribution in [2.75, 3.05) is 31.2 Å². The van der Waals surface area contributed by atoms with Crippen LogP contribution in [0.3, 0.4) is 0 Å². The van der Waals surface area contributed by atoms with Crippen LogP contribution in [0.4, 0.5) is 5.82 Å². The monoisotopic (exact) mass is 277 g/mol. The number of nitrogens with zero attached hydrogens (tertiary/aromatic N) is 2. The third-order valence-corrected chi connectivity index (χ3v) is 3.57. The molecule has 20 heavy (non-hydrogen) atoms. The molecule has 0 unspecified atom stereocenters. The van der Waals surface area contributed by atoms with Gasteiger partial charge >= 0.3 is 0 Å². The third kappa shape index (κ3) is 3.93. The number of hydrogen-bond acceptors (Lipinski definition) is 4. The summed E-state index contributed by atoms with van der Waals surface area (Å²) in [4.78, 5) is 7.15. The largest absolute Gasteiger partial charge is 0.377 e. The lowest BCUT2D eigenvalue weighted by atomic mass is 10.0. The van der Waals surface area contributed by atoms with Crippen LogP contribution in [0.5, 0.6) is 0 Å². The van der Waals surface area contributed by atoms with E-state index in [1.807, 2.05) is 0 Å². The molecular weight excluding hydrogens is 250 g/mol. The van der Waals surface area contributed by atoms with Gasteiger partial charge in [-0.15, -0.1) is 0 Å². The highest BCUT2D eigenvalue weighted by molar-refractivity contribution is 5.43. The molecule has 1 fully saturated rings. The number of hydrogen-bond donors (Lipinski definition) is 1. The quantitative estimate of drug-likeness (QED) is 0.897. The van der Waals surface area contributed by atoms with Crippen molar-refractivity contribution in [3.63, 3.8) is 0 Å². The van der Waals surface area contributed by atoms with Gasteiger partial charge in [0.25, 0.3) is 0 Å². The molecule has 1 saturated heterocycles. The van der Waals surface area contributed by atoms with Gasteiger partial charge in [0.2, 0.25) is 0 Å². The van der Waals surface area contributed by atoms with E-state index in [1.54, 1.807) is 0 Å². The van der Waals surface area contributed by atoms with Gasteiger partial charge < -0.3 is 15.0 Å². The van der Waals surface area contributed by atoms with Crippen LogP contribution in [0.2, 0.25) is 0 Å². The molecule has 0 bridgehead atoms. The van der Waals surface area contributed by atoms with Crippen LogP contribution in [0.1, 0.15) is 33.4 Å². The number of rotatable bonds is 5. The number of anilines is 1. The molecule has 2 rings (SSSR count). The lowest BCUT2D eigenvalue weighted by molar-refractivity contribution is 0.0639. The Morgan fingerprint density at radius 1 is 1.40 bits per heavy atom. The first-order chi connectivity index (χ1) is 9.49. The predicted octanol–water partition coefficient (Wildman–Crippen LogP) is 2.44. The molecular formula is C16H27N3O. The average molecular weight is 277 g/mol. The van der Waals surface area contributed by atoms with Crippen LogP contribution in [-0.4, -0.2) is 36.8 Å². The zero-order valence-electron chi connectivity index (χ0n) is 13.1. The molecule has 0 spiro atoms. The summed E-state index contributed by atoms with van der Waals surface area (Å²) in [6.07, 6.45) is 0. The van der Waals surface area contributed by atoms with Crippen LogP contribution < -0.4 is 10.2 Å². The Hall–Kier alpha value is -1.13. The molecule has 1 aromatic rings. The molecule has 0 saturated carbocycles. The predicted molar refractivity (Wildman–Crippen MR) is 83.0 cm³/mol. The van der Waals surface area contributed by atoms with Gasteiger partial charge in [-0.25, -0.2) is 4.98 Å². The van der Waals surface area contributed by atoms with Gasteiger partial charge in [0.1, 0.15) is 5.82 Å². The minimum atomic E-state index is 0.00916. The number of pyridine rings is 1. The Kier molecular flexibility index (Phi) is 5.00. The fraction of sp³-hybridized carbons (Fsp3) is 0.688. The van der Waals surface area contributed by atoms with E-state index < -0.39 is 0 Å². The lowest BCUT2D eigenvalue weighted by Crippen LogP contribution is -2.53. The summed E-state index contributed by atoms with van der Waals surface area (Å²) < 4.78 is 5.58. The SMILES string of the molecule is CC(C)CNCc1cccc(N2CCOCC2(C)C)n1. The van der Waals surface area contributed by atoms with Gasteiger partial charge in [0, 0.05) is 13.1 Å². The van der Waals surface area contributed by atoms with Crippen LogP contribution in [0, 0.1) is 5.92 Å². The highest BCUT2D eigenvalue weighted by Gasteiger charge is 2.31. The molecule has 0 aromatic carbocycles. The fourth-order valence-electron chi connectivity index (χ4n) is 2.49. The Morgan fingerprint density at radius 2 is 2.20 bits per heavy atom. The van der Waals surface area contributed by atoms with Crippen molar-refractivity contribution in [3.8, 4) is 0 Å². The molecule has 2 heterocycles. The van der Waals surface area contributed by atoms with E-state index in [1.165, 1.54) is 0 Å². The Balaban J connectivity index is 2.05. The van der Waals surface area contributed by atoms with Crippen LogP contribution >= 0.6 is 0 Å². The van der Waals surface area contributed by atoms with Gasteiger partial charge in [0.15, 0.2) is 0 Å². The number of nitrogens with one attached hydrogen (secondary N) is 1. The summed E-state index contributed by atoms with van der Waals surface area (Å²) in [5.74, 6) is 1.72. The standard InChI is InChI=1S/C16H27N3O/c1-13(2)10-17-11-14-6-5-7-15(18-14)19-8-9-20-12-16(19,3)4/h5-7,13,17H,8-12H2,1-4H3. The minimum absolute atomic E-state index is 0.00916. The summed E-state index contributed by atoms with van der Waals surface area (Å²) in [6, 6.07) is 6.28. The van der Waals surface area contributed by atoms with Gasteiger partial charge in [-0.2, -0.15) is 0 Å².